The van der Waals surface area contributed by atoms with Crippen molar-refractivity contribution >= 4 is 21.7 Å². The van der Waals surface area contributed by atoms with Crippen LogP contribution in [0.3, 0.4) is 0 Å². The molecule has 82 valence electrons. The van der Waals surface area contributed by atoms with Crippen molar-refractivity contribution in [3.8, 4) is 5.75 Å². The number of halogens is 1. The molecule has 0 spiro atoms. The molecule has 0 heterocycles. The maximum atomic E-state index is 11.6. The lowest BCUT2D eigenvalue weighted by atomic mass is 10.1. The summed E-state index contributed by atoms with van der Waals surface area (Å²) in [6.45, 7) is 2.27. The number of ether oxygens (including phenoxy) is 1. The second-order valence-corrected chi connectivity index (χ2v) is 4.09. The Kier molecular flexibility index (Phi) is 4.29. The van der Waals surface area contributed by atoms with Gasteiger partial charge in [-0.05, 0) is 26.1 Å². The highest BCUT2D eigenvalue weighted by molar-refractivity contribution is 9.10. The van der Waals surface area contributed by atoms with Crippen molar-refractivity contribution in [1.29, 1.82) is 0 Å². The summed E-state index contributed by atoms with van der Waals surface area (Å²) in [4.78, 5) is 11.6. The first kappa shape index (κ1) is 12.2. The number of rotatable bonds is 4. The Hall–Kier alpha value is -0.870. The first-order chi connectivity index (χ1) is 7.10. The molecular weight excluding hydrogens is 258 g/mol. The van der Waals surface area contributed by atoms with E-state index in [2.05, 4.69) is 21.2 Å². The van der Waals surface area contributed by atoms with E-state index in [1.165, 1.54) is 0 Å². The number of Topliss-reactive ketones (excluding diaryl/α,β-unsaturated/α-hetero) is 1. The number of carbonyl (C=O) groups is 1. The van der Waals surface area contributed by atoms with E-state index in [1.807, 2.05) is 13.0 Å². The Bertz CT molecular complexity index is 377. The number of hydrogen-bond acceptors (Lipinski definition) is 3. The molecule has 3 nitrogen and oxygen atoms in total. The van der Waals surface area contributed by atoms with Crippen LogP contribution in [0, 0.1) is 6.92 Å². The highest BCUT2D eigenvalue weighted by Gasteiger charge is 2.10. The molecule has 0 saturated heterocycles. The van der Waals surface area contributed by atoms with Crippen molar-refractivity contribution in [2.24, 2.45) is 0 Å². The number of nitrogens with one attached hydrogen (secondary N) is 1. The minimum Gasteiger partial charge on any atom is -0.496 e. The van der Waals surface area contributed by atoms with Gasteiger partial charge in [-0.25, -0.2) is 0 Å². The fraction of sp³-hybridized carbons (Fsp3) is 0.364. The van der Waals surface area contributed by atoms with Gasteiger partial charge in [-0.15, -0.1) is 0 Å². The first-order valence-corrected chi connectivity index (χ1v) is 5.41. The molecule has 1 aromatic rings. The molecule has 0 aliphatic heterocycles. The second-order valence-electron chi connectivity index (χ2n) is 3.24. The molecule has 0 amide bonds. The van der Waals surface area contributed by atoms with Crippen LogP contribution < -0.4 is 10.1 Å². The lowest BCUT2D eigenvalue weighted by Gasteiger charge is -2.09. The predicted molar refractivity (Wildman–Crippen MR) is 63.7 cm³/mol. The van der Waals surface area contributed by atoms with E-state index in [-0.39, 0.29) is 5.78 Å². The summed E-state index contributed by atoms with van der Waals surface area (Å²) in [6.07, 6.45) is 0. The fourth-order valence-corrected chi connectivity index (χ4v) is 1.73. The molecular formula is C11H14BrNO2. The van der Waals surface area contributed by atoms with E-state index in [1.54, 1.807) is 20.2 Å². The topological polar surface area (TPSA) is 38.3 Å². The Morgan fingerprint density at radius 2 is 2.20 bits per heavy atom. The minimum atomic E-state index is 0.0523. The van der Waals surface area contributed by atoms with Gasteiger partial charge < -0.3 is 10.1 Å². The van der Waals surface area contributed by atoms with Crippen LogP contribution >= 0.6 is 15.9 Å². The summed E-state index contributed by atoms with van der Waals surface area (Å²) >= 11 is 3.40. The van der Waals surface area contributed by atoms with Crippen molar-refractivity contribution in [1.82, 2.24) is 5.32 Å². The largest absolute Gasteiger partial charge is 0.496 e. The zero-order chi connectivity index (χ0) is 11.4. The van der Waals surface area contributed by atoms with Gasteiger partial charge in [0.25, 0.3) is 0 Å². The molecule has 0 saturated carbocycles. The molecule has 15 heavy (non-hydrogen) atoms. The average molecular weight is 272 g/mol. The van der Waals surface area contributed by atoms with Crippen LogP contribution in [0.1, 0.15) is 15.9 Å². The van der Waals surface area contributed by atoms with Crippen LogP contribution in [0.2, 0.25) is 0 Å². The summed E-state index contributed by atoms with van der Waals surface area (Å²) < 4.78 is 6.08. The third-order valence-corrected chi connectivity index (χ3v) is 3.00. The fourth-order valence-electron chi connectivity index (χ4n) is 1.29. The van der Waals surface area contributed by atoms with Crippen LogP contribution in [0.4, 0.5) is 0 Å². The van der Waals surface area contributed by atoms with E-state index >= 15 is 0 Å². The third kappa shape index (κ3) is 2.79. The molecule has 0 bridgehead atoms. The minimum absolute atomic E-state index is 0.0523. The van der Waals surface area contributed by atoms with Crippen molar-refractivity contribution in [2.75, 3.05) is 20.7 Å². The summed E-state index contributed by atoms with van der Waals surface area (Å²) in [5, 5.41) is 2.83. The van der Waals surface area contributed by atoms with Gasteiger partial charge in [0.2, 0.25) is 0 Å². The predicted octanol–water partition coefficient (Wildman–Crippen LogP) is 2.17. The van der Waals surface area contributed by atoms with Crippen molar-refractivity contribution in [2.45, 2.75) is 6.92 Å². The molecule has 4 heteroatoms. The maximum absolute atomic E-state index is 11.6. The monoisotopic (exact) mass is 271 g/mol. The second kappa shape index (κ2) is 5.28. The van der Waals surface area contributed by atoms with Gasteiger partial charge in [-0.2, -0.15) is 0 Å². The number of hydrogen-bond donors (Lipinski definition) is 1. The normalized spacial score (nSPS) is 10.1. The van der Waals surface area contributed by atoms with Crippen molar-refractivity contribution < 1.29 is 9.53 Å². The molecule has 0 radical (unpaired) electrons. The summed E-state index contributed by atoms with van der Waals surface area (Å²) in [5.41, 5.74) is 1.65. The van der Waals surface area contributed by atoms with Gasteiger partial charge in [0.15, 0.2) is 5.78 Å². The molecule has 1 N–H and O–H groups in total. The first-order valence-electron chi connectivity index (χ1n) is 4.62. The van der Waals surface area contributed by atoms with E-state index in [0.29, 0.717) is 12.1 Å². The highest BCUT2D eigenvalue weighted by Crippen LogP contribution is 2.27. The van der Waals surface area contributed by atoms with Gasteiger partial charge in [0.05, 0.1) is 13.7 Å². The molecule has 0 aromatic heterocycles. The van der Waals surface area contributed by atoms with Crippen LogP contribution in [0.25, 0.3) is 0 Å². The zero-order valence-corrected chi connectivity index (χ0v) is 10.6. The molecule has 1 rings (SSSR count). The summed E-state index contributed by atoms with van der Waals surface area (Å²) in [5.74, 6) is 0.778. The van der Waals surface area contributed by atoms with Crippen LogP contribution in [0.15, 0.2) is 16.6 Å². The smallest absolute Gasteiger partial charge is 0.176 e. The quantitative estimate of drug-likeness (QED) is 0.854. The van der Waals surface area contributed by atoms with Gasteiger partial charge in [-0.1, -0.05) is 15.9 Å². The Labute approximate surface area is 97.9 Å². The molecule has 1 aromatic carbocycles. The van der Waals surface area contributed by atoms with E-state index in [4.69, 9.17) is 4.74 Å². The van der Waals surface area contributed by atoms with Crippen molar-refractivity contribution in [3.63, 3.8) is 0 Å². The molecule has 0 atom stereocenters. The lowest BCUT2D eigenvalue weighted by molar-refractivity contribution is 0.0993. The average Bonchev–Trinajstić information content (AvgIpc) is 2.22. The summed E-state index contributed by atoms with van der Waals surface area (Å²) in [6, 6.07) is 3.58. The molecule has 0 aliphatic carbocycles. The standard InChI is InChI=1S/C11H14BrNO2/c1-7-9(12)4-8(5-11(7)15-3)10(14)6-13-2/h4-5,13H,6H2,1-3H3. The van der Waals surface area contributed by atoms with Crippen LogP contribution in [0.5, 0.6) is 5.75 Å². The molecule has 0 unspecified atom stereocenters. The summed E-state index contributed by atoms with van der Waals surface area (Å²) in [7, 11) is 3.35. The zero-order valence-electron chi connectivity index (χ0n) is 9.06. The Morgan fingerprint density at radius 1 is 1.53 bits per heavy atom. The van der Waals surface area contributed by atoms with E-state index < -0.39 is 0 Å². The number of benzene rings is 1. The van der Waals surface area contributed by atoms with Gasteiger partial charge in [0, 0.05) is 15.6 Å². The van der Waals surface area contributed by atoms with Crippen LogP contribution in [-0.2, 0) is 0 Å². The van der Waals surface area contributed by atoms with E-state index in [0.717, 1.165) is 15.8 Å². The van der Waals surface area contributed by atoms with Gasteiger partial charge in [0.1, 0.15) is 5.75 Å². The SMILES string of the molecule is CNCC(=O)c1cc(Br)c(C)c(OC)c1. The Morgan fingerprint density at radius 3 is 2.73 bits per heavy atom. The Balaban J connectivity index is 3.10. The molecule has 0 fully saturated rings. The van der Waals surface area contributed by atoms with Gasteiger partial charge >= 0.3 is 0 Å². The third-order valence-electron chi connectivity index (χ3n) is 2.18. The number of ketones is 1. The number of methoxy groups -OCH3 is 1. The molecule has 0 aliphatic rings. The van der Waals surface area contributed by atoms with Crippen LogP contribution in [-0.4, -0.2) is 26.5 Å². The number of carbonyl (C=O) groups excluding carboxylic acids is 1. The van der Waals surface area contributed by atoms with E-state index in [9.17, 15) is 4.79 Å². The number of likely N-dealkylation sites (N-methyl/N-ethyl adjacent to an activating group) is 1. The lowest BCUT2D eigenvalue weighted by Crippen LogP contribution is -2.18. The van der Waals surface area contributed by atoms with Crippen molar-refractivity contribution in [3.05, 3.63) is 27.7 Å². The highest BCUT2D eigenvalue weighted by atomic mass is 79.9. The maximum Gasteiger partial charge on any atom is 0.176 e. The van der Waals surface area contributed by atoms with Gasteiger partial charge in [-0.3, -0.25) is 4.79 Å².